The third-order valence-electron chi connectivity index (χ3n) is 5.11. The lowest BCUT2D eigenvalue weighted by molar-refractivity contribution is 0.591. The molecule has 0 aliphatic carbocycles. The van der Waals surface area contributed by atoms with Crippen LogP contribution in [-0.2, 0) is 0 Å². The van der Waals surface area contributed by atoms with Gasteiger partial charge in [-0.1, -0.05) is 19.1 Å². The quantitative estimate of drug-likeness (QED) is 0.544. The molecule has 4 rings (SSSR count). The highest BCUT2D eigenvalue weighted by atomic mass is 32.1. The van der Waals surface area contributed by atoms with Crippen LogP contribution >= 0.6 is 11.3 Å². The first-order valence-electron chi connectivity index (χ1n) is 8.82. The van der Waals surface area contributed by atoms with Crippen molar-refractivity contribution in [3.8, 4) is 11.1 Å². The molecule has 1 atom stereocenters. The highest BCUT2D eigenvalue weighted by molar-refractivity contribution is 7.17. The van der Waals surface area contributed by atoms with Gasteiger partial charge < -0.3 is 10.7 Å². The summed E-state index contributed by atoms with van der Waals surface area (Å²) in [6.07, 6.45) is 0. The van der Waals surface area contributed by atoms with Crippen molar-refractivity contribution in [3.05, 3.63) is 62.8 Å². The molecule has 4 nitrogen and oxygen atoms in total. The van der Waals surface area contributed by atoms with Crippen molar-refractivity contribution in [2.75, 3.05) is 6.54 Å². The van der Waals surface area contributed by atoms with Gasteiger partial charge in [-0.25, -0.2) is 4.39 Å². The molecule has 3 aromatic heterocycles. The fraction of sp³-hybridized carbons (Fsp3) is 0.238. The second kappa shape index (κ2) is 6.55. The minimum atomic E-state index is -0.274. The van der Waals surface area contributed by atoms with Crippen molar-refractivity contribution < 1.29 is 4.39 Å². The second-order valence-corrected chi connectivity index (χ2v) is 7.81. The molecule has 27 heavy (non-hydrogen) atoms. The third-order valence-corrected chi connectivity index (χ3v) is 6.03. The number of nitrogens with one attached hydrogen (secondary N) is 1. The second-order valence-electron chi connectivity index (χ2n) is 6.90. The summed E-state index contributed by atoms with van der Waals surface area (Å²) in [7, 11) is 0. The molecular weight excluding hydrogens is 361 g/mol. The normalized spacial score (nSPS) is 12.8. The standard InChI is InChI=1S/C21H20FN3OS/c1-10(9-23)14-5-4-13(8-16(14)22)17-11(2)24-12(3)19-18(17)15-6-7-27-20(15)21(26)25-19/h4-8,10H,9,23H2,1-3H3,(H,25,26)/t10-/m0/s1. The number of thiophene rings is 1. The van der Waals surface area contributed by atoms with Gasteiger partial charge >= 0.3 is 0 Å². The van der Waals surface area contributed by atoms with E-state index in [0.29, 0.717) is 22.3 Å². The summed E-state index contributed by atoms with van der Waals surface area (Å²) in [6, 6.07) is 7.20. The number of hydrogen-bond acceptors (Lipinski definition) is 4. The average molecular weight is 381 g/mol. The number of halogens is 1. The molecule has 138 valence electrons. The highest BCUT2D eigenvalue weighted by Gasteiger charge is 2.18. The number of nitrogens with zero attached hydrogens (tertiary/aromatic N) is 1. The summed E-state index contributed by atoms with van der Waals surface area (Å²) in [6.45, 7) is 6.09. The van der Waals surface area contributed by atoms with Crippen LogP contribution in [-0.4, -0.2) is 16.5 Å². The third kappa shape index (κ3) is 2.76. The molecule has 0 radical (unpaired) electrons. The Morgan fingerprint density at radius 3 is 2.74 bits per heavy atom. The van der Waals surface area contributed by atoms with Crippen LogP contribution < -0.4 is 11.3 Å². The Bertz CT molecular complexity index is 1240. The summed E-state index contributed by atoms with van der Waals surface area (Å²) in [5.74, 6) is -0.322. The van der Waals surface area contributed by atoms with Gasteiger partial charge in [0.1, 0.15) is 10.5 Å². The van der Waals surface area contributed by atoms with Crippen LogP contribution in [0.3, 0.4) is 0 Å². The van der Waals surface area contributed by atoms with E-state index < -0.39 is 0 Å². The minimum Gasteiger partial charge on any atom is -0.330 e. The molecule has 0 saturated heterocycles. The first-order chi connectivity index (χ1) is 12.9. The topological polar surface area (TPSA) is 71.8 Å². The molecule has 0 aliphatic rings. The molecule has 0 saturated carbocycles. The first kappa shape index (κ1) is 17.8. The molecule has 0 bridgehead atoms. The van der Waals surface area contributed by atoms with Crippen LogP contribution in [0.1, 0.15) is 29.8 Å². The van der Waals surface area contributed by atoms with E-state index in [-0.39, 0.29) is 17.3 Å². The fourth-order valence-corrected chi connectivity index (χ4v) is 4.48. The summed E-state index contributed by atoms with van der Waals surface area (Å²) in [5, 5.41) is 3.69. The number of rotatable bonds is 3. The predicted molar refractivity (Wildman–Crippen MR) is 110 cm³/mol. The smallest absolute Gasteiger partial charge is 0.266 e. The van der Waals surface area contributed by atoms with Gasteiger partial charge in [0.05, 0.1) is 11.2 Å². The highest BCUT2D eigenvalue weighted by Crippen LogP contribution is 2.37. The Hall–Kier alpha value is -2.57. The number of aryl methyl sites for hydroxylation is 2. The number of fused-ring (bicyclic) bond motifs is 3. The molecule has 0 unspecified atom stereocenters. The Morgan fingerprint density at radius 2 is 2.04 bits per heavy atom. The lowest BCUT2D eigenvalue weighted by Gasteiger charge is -2.15. The number of nitrogens with two attached hydrogens (primary N) is 1. The lowest BCUT2D eigenvalue weighted by atomic mass is 9.93. The SMILES string of the molecule is Cc1nc(C)c2[nH]c(=O)c3sccc3c2c1-c1ccc([C@@H](C)CN)c(F)c1. The number of aromatic nitrogens is 2. The zero-order valence-electron chi connectivity index (χ0n) is 15.4. The lowest BCUT2D eigenvalue weighted by Crippen LogP contribution is -2.10. The molecule has 0 amide bonds. The summed E-state index contributed by atoms with van der Waals surface area (Å²) >= 11 is 1.40. The van der Waals surface area contributed by atoms with Crippen molar-refractivity contribution in [1.82, 2.24) is 9.97 Å². The van der Waals surface area contributed by atoms with Crippen molar-refractivity contribution in [3.63, 3.8) is 0 Å². The van der Waals surface area contributed by atoms with E-state index in [2.05, 4.69) is 9.97 Å². The van der Waals surface area contributed by atoms with Crippen LogP contribution in [0.15, 0.2) is 34.4 Å². The van der Waals surface area contributed by atoms with Gasteiger partial charge in [0.2, 0.25) is 0 Å². The Morgan fingerprint density at radius 1 is 1.26 bits per heavy atom. The minimum absolute atomic E-state index is 0.0482. The van der Waals surface area contributed by atoms with Crippen molar-refractivity contribution in [2.24, 2.45) is 5.73 Å². The molecule has 0 fully saturated rings. The number of pyridine rings is 2. The van der Waals surface area contributed by atoms with Crippen LogP contribution in [0, 0.1) is 19.7 Å². The monoisotopic (exact) mass is 381 g/mol. The zero-order valence-corrected chi connectivity index (χ0v) is 16.2. The van der Waals surface area contributed by atoms with Crippen molar-refractivity contribution >= 4 is 32.3 Å². The van der Waals surface area contributed by atoms with Gasteiger partial charge in [-0.15, -0.1) is 11.3 Å². The van der Waals surface area contributed by atoms with Gasteiger partial charge in [0, 0.05) is 22.0 Å². The Balaban J connectivity index is 2.09. The maximum atomic E-state index is 14.8. The van der Waals surface area contributed by atoms with E-state index in [4.69, 9.17) is 5.73 Å². The molecule has 0 spiro atoms. The molecule has 6 heteroatoms. The van der Waals surface area contributed by atoms with Gasteiger partial charge in [0.25, 0.3) is 5.56 Å². The van der Waals surface area contributed by atoms with Crippen LogP contribution in [0.4, 0.5) is 4.39 Å². The van der Waals surface area contributed by atoms with E-state index in [9.17, 15) is 9.18 Å². The molecule has 4 aromatic rings. The maximum absolute atomic E-state index is 14.8. The zero-order chi connectivity index (χ0) is 19.3. The largest absolute Gasteiger partial charge is 0.330 e. The number of H-pyrrole nitrogens is 1. The number of benzene rings is 1. The summed E-state index contributed by atoms with van der Waals surface area (Å²) < 4.78 is 15.4. The molecule has 3 heterocycles. The van der Waals surface area contributed by atoms with E-state index in [0.717, 1.165) is 33.3 Å². The van der Waals surface area contributed by atoms with Crippen molar-refractivity contribution in [1.29, 1.82) is 0 Å². The van der Waals surface area contributed by atoms with E-state index >= 15 is 0 Å². The van der Waals surface area contributed by atoms with Gasteiger partial charge in [0.15, 0.2) is 0 Å². The van der Waals surface area contributed by atoms with Crippen LogP contribution in [0.25, 0.3) is 32.1 Å². The van der Waals surface area contributed by atoms with Gasteiger partial charge in [-0.05, 0) is 54.9 Å². The Labute approximate surface area is 159 Å². The van der Waals surface area contributed by atoms with Gasteiger partial charge in [-0.3, -0.25) is 9.78 Å². The van der Waals surface area contributed by atoms with Crippen molar-refractivity contribution in [2.45, 2.75) is 26.7 Å². The number of hydrogen-bond donors (Lipinski definition) is 2. The van der Waals surface area contributed by atoms with Gasteiger partial charge in [-0.2, -0.15) is 0 Å². The summed E-state index contributed by atoms with van der Waals surface area (Å²) in [4.78, 5) is 20.0. The Kier molecular flexibility index (Phi) is 4.32. The first-order valence-corrected chi connectivity index (χ1v) is 9.70. The molecular formula is C21H20FN3OS. The van der Waals surface area contributed by atoms with E-state index in [1.807, 2.05) is 38.3 Å². The predicted octanol–water partition coefficient (Wildman–Crippen LogP) is 4.62. The summed E-state index contributed by atoms with van der Waals surface area (Å²) in [5.41, 5.74) is 10.0. The van der Waals surface area contributed by atoms with Crippen LogP contribution in [0.5, 0.6) is 0 Å². The maximum Gasteiger partial charge on any atom is 0.266 e. The van der Waals surface area contributed by atoms with Crippen LogP contribution in [0.2, 0.25) is 0 Å². The average Bonchev–Trinajstić information content (AvgIpc) is 3.13. The molecule has 0 aliphatic heterocycles. The van der Waals surface area contributed by atoms with E-state index in [1.54, 1.807) is 12.1 Å². The fourth-order valence-electron chi connectivity index (χ4n) is 3.69. The molecule has 3 N–H and O–H groups in total. The number of aromatic amines is 1. The molecule has 1 aromatic carbocycles. The van der Waals surface area contributed by atoms with E-state index in [1.165, 1.54) is 11.3 Å².